The fourth-order valence-electron chi connectivity index (χ4n) is 1.46. The summed E-state index contributed by atoms with van der Waals surface area (Å²) in [6.07, 6.45) is 2.50. The van der Waals surface area contributed by atoms with Gasteiger partial charge in [-0.2, -0.15) is 0 Å². The molecule has 76 valence electrons. The second-order valence-corrected chi connectivity index (χ2v) is 4.99. The van der Waals surface area contributed by atoms with Crippen LogP contribution in [0.2, 0.25) is 5.15 Å². The molecule has 0 spiro atoms. The number of thioether (sulfide) groups is 1. The van der Waals surface area contributed by atoms with E-state index >= 15 is 0 Å². The fraction of sp³-hybridized carbons (Fsp3) is 0.556. The highest BCUT2D eigenvalue weighted by molar-refractivity contribution is 7.99. The molecule has 0 aromatic carbocycles. The Kier molecular flexibility index (Phi) is 3.61. The minimum Gasteiger partial charge on any atom is -0.316 e. The van der Waals surface area contributed by atoms with Crippen molar-refractivity contribution < 1.29 is 0 Å². The van der Waals surface area contributed by atoms with Gasteiger partial charge in [0.15, 0.2) is 5.15 Å². The lowest BCUT2D eigenvalue weighted by Crippen LogP contribution is -2.31. The highest BCUT2D eigenvalue weighted by Crippen LogP contribution is 2.25. The summed E-state index contributed by atoms with van der Waals surface area (Å²) in [4.78, 5) is 0. The summed E-state index contributed by atoms with van der Waals surface area (Å²) in [6, 6.07) is 3.71. The van der Waals surface area contributed by atoms with Crippen molar-refractivity contribution in [3.8, 4) is 0 Å². The van der Waals surface area contributed by atoms with Gasteiger partial charge in [0, 0.05) is 11.8 Å². The molecule has 1 saturated heterocycles. The van der Waals surface area contributed by atoms with E-state index in [0.717, 1.165) is 18.1 Å². The molecular weight excluding hydrogens is 218 g/mol. The lowest BCUT2D eigenvalue weighted by molar-refractivity contribution is 0.531. The molecule has 5 heteroatoms. The predicted octanol–water partition coefficient (Wildman–Crippen LogP) is 1.97. The Labute approximate surface area is 92.6 Å². The van der Waals surface area contributed by atoms with Crippen molar-refractivity contribution >= 4 is 23.4 Å². The van der Waals surface area contributed by atoms with E-state index < -0.39 is 0 Å². The topological polar surface area (TPSA) is 37.8 Å². The van der Waals surface area contributed by atoms with Crippen LogP contribution in [0.15, 0.2) is 17.2 Å². The van der Waals surface area contributed by atoms with E-state index in [-0.39, 0.29) is 0 Å². The molecule has 0 aliphatic carbocycles. The van der Waals surface area contributed by atoms with Gasteiger partial charge in [-0.15, -0.1) is 10.2 Å². The molecule has 0 bridgehead atoms. The van der Waals surface area contributed by atoms with E-state index in [9.17, 15) is 0 Å². The molecule has 2 heterocycles. The van der Waals surface area contributed by atoms with E-state index in [1.54, 1.807) is 17.8 Å². The summed E-state index contributed by atoms with van der Waals surface area (Å²) in [5, 5.41) is 13.3. The predicted molar refractivity (Wildman–Crippen MR) is 58.8 cm³/mol. The first-order valence-corrected chi connectivity index (χ1v) is 5.97. The normalized spacial score (nSPS) is 22.2. The molecule has 1 atom stereocenters. The van der Waals surface area contributed by atoms with Gasteiger partial charge < -0.3 is 5.32 Å². The Morgan fingerprint density at radius 3 is 3.00 bits per heavy atom. The summed E-state index contributed by atoms with van der Waals surface area (Å²) in [6.45, 7) is 2.21. The van der Waals surface area contributed by atoms with Crippen molar-refractivity contribution in [3.05, 3.63) is 17.3 Å². The maximum Gasteiger partial charge on any atom is 0.151 e. The fourth-order valence-corrected chi connectivity index (χ4v) is 2.62. The highest BCUT2D eigenvalue weighted by Gasteiger charge is 2.14. The van der Waals surface area contributed by atoms with Crippen LogP contribution in [0.1, 0.15) is 12.8 Å². The van der Waals surface area contributed by atoms with Gasteiger partial charge in [-0.25, -0.2) is 0 Å². The lowest BCUT2D eigenvalue weighted by atomic mass is 10.2. The molecule has 1 fully saturated rings. The largest absolute Gasteiger partial charge is 0.316 e. The first-order valence-electron chi connectivity index (χ1n) is 4.71. The molecule has 1 N–H and O–H groups in total. The Balaban J connectivity index is 1.92. The highest BCUT2D eigenvalue weighted by atomic mass is 35.5. The minimum atomic E-state index is 0.455. The first kappa shape index (κ1) is 10.2. The van der Waals surface area contributed by atoms with E-state index in [0.29, 0.717) is 10.4 Å². The Hall–Kier alpha value is -0.320. The molecule has 1 aromatic heterocycles. The number of hydrogen-bond donors (Lipinski definition) is 1. The van der Waals surface area contributed by atoms with Crippen molar-refractivity contribution in [2.75, 3.05) is 13.1 Å². The average molecular weight is 230 g/mol. The number of nitrogens with one attached hydrogen (secondary N) is 1. The number of nitrogens with zero attached hydrogens (tertiary/aromatic N) is 2. The van der Waals surface area contributed by atoms with Crippen LogP contribution in [0, 0.1) is 0 Å². The summed E-state index contributed by atoms with van der Waals surface area (Å²) < 4.78 is 0. The van der Waals surface area contributed by atoms with Crippen LogP contribution >= 0.6 is 23.4 Å². The van der Waals surface area contributed by atoms with Gasteiger partial charge in [0.1, 0.15) is 5.03 Å². The molecule has 0 unspecified atom stereocenters. The van der Waals surface area contributed by atoms with Crippen LogP contribution < -0.4 is 5.32 Å². The van der Waals surface area contributed by atoms with Crippen LogP contribution in [-0.2, 0) is 0 Å². The molecule has 14 heavy (non-hydrogen) atoms. The monoisotopic (exact) mass is 229 g/mol. The molecule has 0 amide bonds. The number of hydrogen-bond acceptors (Lipinski definition) is 4. The van der Waals surface area contributed by atoms with Gasteiger partial charge in [-0.1, -0.05) is 23.4 Å². The molecule has 1 aliphatic heterocycles. The zero-order valence-corrected chi connectivity index (χ0v) is 9.31. The number of piperidine rings is 1. The summed E-state index contributed by atoms with van der Waals surface area (Å²) in [7, 11) is 0. The van der Waals surface area contributed by atoms with Crippen molar-refractivity contribution in [1.82, 2.24) is 15.5 Å². The van der Waals surface area contributed by atoms with Crippen molar-refractivity contribution in [1.29, 1.82) is 0 Å². The van der Waals surface area contributed by atoms with E-state index in [1.165, 1.54) is 12.8 Å². The summed E-state index contributed by atoms with van der Waals surface area (Å²) in [5.74, 6) is 0. The smallest absolute Gasteiger partial charge is 0.151 e. The van der Waals surface area contributed by atoms with Crippen LogP contribution in [-0.4, -0.2) is 28.5 Å². The molecule has 3 nitrogen and oxygen atoms in total. The number of rotatable bonds is 2. The summed E-state index contributed by atoms with van der Waals surface area (Å²) in [5.41, 5.74) is 0. The maximum atomic E-state index is 5.66. The van der Waals surface area contributed by atoms with E-state index in [1.807, 2.05) is 6.07 Å². The third-order valence-corrected chi connectivity index (χ3v) is 3.54. The standard InChI is InChI=1S/C9H12ClN3S/c10-8-3-4-9(13-12-8)14-7-2-1-5-11-6-7/h3-4,7,11H,1-2,5-6H2/t7-/m0/s1. The van der Waals surface area contributed by atoms with Crippen LogP contribution in [0.3, 0.4) is 0 Å². The second kappa shape index (κ2) is 4.96. The molecule has 0 saturated carbocycles. The minimum absolute atomic E-state index is 0.455. The number of aromatic nitrogens is 2. The van der Waals surface area contributed by atoms with E-state index in [2.05, 4.69) is 15.5 Å². The van der Waals surface area contributed by atoms with Gasteiger partial charge >= 0.3 is 0 Å². The Bertz CT molecular complexity index is 285. The SMILES string of the molecule is Clc1ccc(S[C@H]2CCCNC2)nn1. The zero-order valence-electron chi connectivity index (χ0n) is 7.74. The third kappa shape index (κ3) is 2.83. The maximum absolute atomic E-state index is 5.66. The van der Waals surface area contributed by atoms with Gasteiger partial charge in [-0.05, 0) is 31.5 Å². The quantitative estimate of drug-likeness (QED) is 0.842. The molecule has 0 radical (unpaired) electrons. The molecule has 2 rings (SSSR count). The Morgan fingerprint density at radius 2 is 2.36 bits per heavy atom. The van der Waals surface area contributed by atoms with Gasteiger partial charge in [0.25, 0.3) is 0 Å². The third-order valence-electron chi connectivity index (χ3n) is 2.15. The van der Waals surface area contributed by atoms with Crippen LogP contribution in [0.25, 0.3) is 0 Å². The Morgan fingerprint density at radius 1 is 1.43 bits per heavy atom. The summed E-state index contributed by atoms with van der Waals surface area (Å²) >= 11 is 7.44. The average Bonchev–Trinajstić information content (AvgIpc) is 2.23. The zero-order chi connectivity index (χ0) is 9.80. The van der Waals surface area contributed by atoms with Crippen molar-refractivity contribution in [2.45, 2.75) is 23.1 Å². The van der Waals surface area contributed by atoms with E-state index in [4.69, 9.17) is 11.6 Å². The second-order valence-electron chi connectivity index (χ2n) is 3.28. The number of halogens is 1. The first-order chi connectivity index (χ1) is 6.84. The van der Waals surface area contributed by atoms with Crippen molar-refractivity contribution in [3.63, 3.8) is 0 Å². The lowest BCUT2D eigenvalue weighted by Gasteiger charge is -2.21. The molecular formula is C9H12ClN3S. The van der Waals surface area contributed by atoms with Crippen LogP contribution in [0.4, 0.5) is 0 Å². The molecule has 1 aliphatic rings. The van der Waals surface area contributed by atoms with Gasteiger partial charge in [0.2, 0.25) is 0 Å². The van der Waals surface area contributed by atoms with Crippen LogP contribution in [0.5, 0.6) is 0 Å². The van der Waals surface area contributed by atoms with Crippen molar-refractivity contribution in [2.24, 2.45) is 0 Å². The van der Waals surface area contributed by atoms with Gasteiger partial charge in [-0.3, -0.25) is 0 Å². The van der Waals surface area contributed by atoms with Gasteiger partial charge in [0.05, 0.1) is 0 Å². The molecule has 1 aromatic rings.